The van der Waals surface area contributed by atoms with Crippen LogP contribution in [0.25, 0.3) is 22.2 Å². The second kappa shape index (κ2) is 11.1. The van der Waals surface area contributed by atoms with Gasteiger partial charge in [-0.1, -0.05) is 54.6 Å². The van der Waals surface area contributed by atoms with Gasteiger partial charge >= 0.3 is 0 Å². The lowest BCUT2D eigenvalue weighted by molar-refractivity contribution is 0.0930. The molecule has 1 aromatic heterocycles. The summed E-state index contributed by atoms with van der Waals surface area (Å²) in [4.78, 5) is 13.2. The molecule has 4 aromatic rings. The molecule has 3 fully saturated rings. The Balaban J connectivity index is 1.20. The van der Waals surface area contributed by atoms with Crippen LogP contribution in [0, 0.1) is 17.8 Å². The first-order chi connectivity index (χ1) is 18.7. The highest BCUT2D eigenvalue weighted by molar-refractivity contribution is 6.01. The lowest BCUT2D eigenvalue weighted by Crippen LogP contribution is -2.29. The first-order valence-corrected chi connectivity index (χ1v) is 13.8. The van der Waals surface area contributed by atoms with Gasteiger partial charge in [-0.25, -0.2) is 0 Å². The van der Waals surface area contributed by atoms with Crippen molar-refractivity contribution in [1.29, 1.82) is 0 Å². The molecule has 4 atom stereocenters. The van der Waals surface area contributed by atoms with E-state index in [4.69, 9.17) is 4.74 Å². The van der Waals surface area contributed by atoms with Gasteiger partial charge in [0, 0.05) is 36.3 Å². The molecule has 7 rings (SSSR count). The molecule has 196 valence electrons. The van der Waals surface area contributed by atoms with E-state index in [1.807, 2.05) is 48.5 Å². The fourth-order valence-corrected chi connectivity index (χ4v) is 6.29. The van der Waals surface area contributed by atoms with Crippen LogP contribution in [-0.2, 0) is 11.2 Å². The summed E-state index contributed by atoms with van der Waals surface area (Å²) < 4.78 is 5.89. The van der Waals surface area contributed by atoms with Crippen LogP contribution in [0.5, 0.6) is 0 Å². The average molecular weight is 510 g/mol. The predicted octanol–water partition coefficient (Wildman–Crippen LogP) is 5.69. The molecule has 3 heterocycles. The zero-order chi connectivity index (χ0) is 25.9. The Hall–Kier alpha value is -3.48. The minimum atomic E-state index is -0.254. The number of carbonyl (C=O) groups is 1. The van der Waals surface area contributed by atoms with Crippen LogP contribution in [0.15, 0.2) is 72.8 Å². The Kier molecular flexibility index (Phi) is 7.25. The maximum atomic E-state index is 13.2. The number of H-pyrrole nitrogens is 1. The topological polar surface area (TPSA) is 87.2 Å². The summed E-state index contributed by atoms with van der Waals surface area (Å²) in [7, 11) is 0. The third-order valence-corrected chi connectivity index (χ3v) is 8.41. The van der Waals surface area contributed by atoms with Crippen molar-refractivity contribution < 1.29 is 14.6 Å². The molecule has 3 aromatic carbocycles. The fraction of sp³-hybridized carbons (Fsp3) is 0.375. The number of rotatable bonds is 8. The number of aliphatic hydroxyl groups excluding tert-OH is 1. The SMILES string of the molecule is O=C(NC(CCO)c1ccccc1)c1ccc2[nH]nc(-c3ccc(CC4CC5CCC4COC5)cc3)c2c1. The number of aliphatic hydroxyl groups is 1. The van der Waals surface area contributed by atoms with Crippen molar-refractivity contribution in [1.82, 2.24) is 15.5 Å². The molecular formula is C32H35N3O3. The predicted molar refractivity (Wildman–Crippen MR) is 149 cm³/mol. The Morgan fingerprint density at radius 3 is 2.71 bits per heavy atom. The summed E-state index contributed by atoms with van der Waals surface area (Å²) in [5, 5.41) is 21.3. The van der Waals surface area contributed by atoms with Crippen molar-refractivity contribution in [3.05, 3.63) is 89.5 Å². The molecule has 2 saturated heterocycles. The smallest absolute Gasteiger partial charge is 0.251 e. The molecule has 38 heavy (non-hydrogen) atoms. The van der Waals surface area contributed by atoms with Crippen molar-refractivity contribution in [2.45, 2.75) is 38.1 Å². The Morgan fingerprint density at radius 1 is 1.05 bits per heavy atom. The van der Waals surface area contributed by atoms with Gasteiger partial charge in [0.1, 0.15) is 0 Å². The van der Waals surface area contributed by atoms with Gasteiger partial charge in [-0.2, -0.15) is 5.10 Å². The number of hydrogen-bond donors (Lipinski definition) is 3. The highest BCUT2D eigenvalue weighted by Gasteiger charge is 2.33. The number of nitrogens with zero attached hydrogens (tertiary/aromatic N) is 1. The molecular weight excluding hydrogens is 474 g/mol. The molecule has 3 aliphatic rings. The van der Waals surface area contributed by atoms with Crippen LogP contribution in [-0.4, -0.2) is 41.0 Å². The van der Waals surface area contributed by atoms with E-state index in [1.165, 1.54) is 24.8 Å². The number of carbonyl (C=O) groups excluding carboxylic acids is 1. The summed E-state index contributed by atoms with van der Waals surface area (Å²) in [6.07, 6.45) is 5.46. The highest BCUT2D eigenvalue weighted by Crippen LogP contribution is 2.39. The number of hydrogen-bond acceptors (Lipinski definition) is 4. The van der Waals surface area contributed by atoms with E-state index >= 15 is 0 Å². The third kappa shape index (κ3) is 5.24. The third-order valence-electron chi connectivity index (χ3n) is 8.41. The van der Waals surface area contributed by atoms with Crippen LogP contribution in [0.4, 0.5) is 0 Å². The summed E-state index contributed by atoms with van der Waals surface area (Å²) in [6.45, 7) is 1.85. The number of nitrogens with one attached hydrogen (secondary N) is 2. The first-order valence-electron chi connectivity index (χ1n) is 13.8. The van der Waals surface area contributed by atoms with Crippen LogP contribution in [0.1, 0.15) is 53.2 Å². The van der Waals surface area contributed by atoms with Crippen LogP contribution in [0.3, 0.4) is 0 Å². The minimum absolute atomic E-state index is 0.00346. The maximum absolute atomic E-state index is 13.2. The Morgan fingerprint density at radius 2 is 1.89 bits per heavy atom. The van der Waals surface area contributed by atoms with Crippen LogP contribution in [0.2, 0.25) is 0 Å². The van der Waals surface area contributed by atoms with Gasteiger partial charge in [-0.3, -0.25) is 9.89 Å². The van der Waals surface area contributed by atoms with Crippen LogP contribution < -0.4 is 5.32 Å². The molecule has 2 bridgehead atoms. The quantitative estimate of drug-likeness (QED) is 0.285. The van der Waals surface area contributed by atoms with E-state index in [-0.39, 0.29) is 18.6 Å². The van der Waals surface area contributed by atoms with Gasteiger partial charge in [0.05, 0.1) is 17.3 Å². The van der Waals surface area contributed by atoms with E-state index in [0.717, 1.165) is 53.3 Å². The lowest BCUT2D eigenvalue weighted by atomic mass is 9.73. The van der Waals surface area contributed by atoms with Crippen molar-refractivity contribution in [3.63, 3.8) is 0 Å². The van der Waals surface area contributed by atoms with Gasteiger partial charge < -0.3 is 15.2 Å². The van der Waals surface area contributed by atoms with Crippen molar-refractivity contribution in [2.24, 2.45) is 17.8 Å². The van der Waals surface area contributed by atoms with Crippen molar-refractivity contribution >= 4 is 16.8 Å². The Labute approximate surface area is 223 Å². The molecule has 2 aliphatic heterocycles. The number of amides is 1. The second-order valence-corrected chi connectivity index (χ2v) is 10.9. The molecule has 1 saturated carbocycles. The number of aromatic amines is 1. The van der Waals surface area contributed by atoms with E-state index < -0.39 is 0 Å². The van der Waals surface area contributed by atoms with Gasteiger partial charge in [0.2, 0.25) is 0 Å². The molecule has 6 nitrogen and oxygen atoms in total. The number of aromatic nitrogens is 2. The second-order valence-electron chi connectivity index (χ2n) is 10.9. The van der Waals surface area contributed by atoms with Crippen molar-refractivity contribution in [3.8, 4) is 11.3 Å². The van der Waals surface area contributed by atoms with E-state index in [9.17, 15) is 9.90 Å². The lowest BCUT2D eigenvalue weighted by Gasteiger charge is -2.31. The fourth-order valence-electron chi connectivity index (χ4n) is 6.29. The molecule has 4 unspecified atom stereocenters. The minimum Gasteiger partial charge on any atom is -0.396 e. The van der Waals surface area contributed by atoms with Crippen molar-refractivity contribution in [2.75, 3.05) is 19.8 Å². The molecule has 0 spiro atoms. The summed E-state index contributed by atoms with van der Waals surface area (Å²) in [5.41, 5.74) is 5.68. The van der Waals surface area contributed by atoms with E-state index in [0.29, 0.717) is 23.8 Å². The zero-order valence-electron chi connectivity index (χ0n) is 21.6. The summed E-state index contributed by atoms with van der Waals surface area (Å²) in [5.74, 6) is 1.96. The van der Waals surface area contributed by atoms with E-state index in [1.54, 1.807) is 0 Å². The number of ether oxygens (including phenoxy) is 1. The molecule has 6 heteroatoms. The molecule has 0 radical (unpaired) electrons. The Bertz CT molecular complexity index is 1380. The monoisotopic (exact) mass is 509 g/mol. The van der Waals surface area contributed by atoms with Gasteiger partial charge in [0.15, 0.2) is 0 Å². The standard InChI is InChI=1S/C32H35N3O3/c36-15-14-29(23-4-2-1-3-5-23)33-32(37)25-12-13-30-28(18-25)31(35-34-30)24-9-6-21(7-10-24)16-27-17-22-8-11-26(27)20-38-19-22/h1-7,9-10,12-13,18,22,26-27,29,36H,8,11,14-17,19-20H2,(H,33,37)(H,34,35). The summed E-state index contributed by atoms with van der Waals surface area (Å²) in [6, 6.07) is 23.9. The van der Waals surface area contributed by atoms with Gasteiger partial charge in [-0.15, -0.1) is 0 Å². The molecule has 1 aliphatic carbocycles. The average Bonchev–Trinajstić information content (AvgIpc) is 3.11. The maximum Gasteiger partial charge on any atom is 0.251 e. The number of benzene rings is 3. The largest absolute Gasteiger partial charge is 0.396 e. The van der Waals surface area contributed by atoms with Crippen LogP contribution >= 0.6 is 0 Å². The van der Waals surface area contributed by atoms with Gasteiger partial charge in [0.25, 0.3) is 5.91 Å². The zero-order valence-corrected chi connectivity index (χ0v) is 21.6. The molecule has 1 amide bonds. The van der Waals surface area contributed by atoms with Gasteiger partial charge in [-0.05, 0) is 79.2 Å². The molecule has 3 N–H and O–H groups in total. The summed E-state index contributed by atoms with van der Waals surface area (Å²) >= 11 is 0. The highest BCUT2D eigenvalue weighted by atomic mass is 16.5. The normalized spacial score (nSPS) is 21.8. The number of fused-ring (bicyclic) bond motifs is 5. The first kappa shape index (κ1) is 24.8. The van der Waals surface area contributed by atoms with E-state index in [2.05, 4.69) is 39.8 Å².